The SMILES string of the molecule is COc1cc(S(=O)(=O)N(C)C)ccc1C(=O)Nc1c(N)[nH]c(=O)[nH]c1=O. The second-order valence-electron chi connectivity index (χ2n) is 5.30. The Kier molecular flexibility index (Phi) is 5.18. The van der Waals surface area contributed by atoms with Gasteiger partial charge in [-0.2, -0.15) is 0 Å². The number of nitrogens with one attached hydrogen (secondary N) is 3. The Bertz CT molecular complexity index is 1070. The first-order valence-electron chi connectivity index (χ1n) is 7.12. The lowest BCUT2D eigenvalue weighted by molar-refractivity contribution is 0.102. The highest BCUT2D eigenvalue weighted by molar-refractivity contribution is 7.89. The number of nitrogen functional groups attached to an aromatic ring is 1. The molecule has 0 aliphatic carbocycles. The highest BCUT2D eigenvalue weighted by Crippen LogP contribution is 2.25. The fourth-order valence-corrected chi connectivity index (χ4v) is 2.96. The zero-order valence-corrected chi connectivity index (χ0v) is 14.9. The number of rotatable bonds is 5. The summed E-state index contributed by atoms with van der Waals surface area (Å²) in [5, 5.41) is 2.26. The zero-order valence-electron chi connectivity index (χ0n) is 14.1. The van der Waals surface area contributed by atoms with Gasteiger partial charge in [-0.15, -0.1) is 0 Å². The van der Waals surface area contributed by atoms with Gasteiger partial charge in [0.05, 0.1) is 17.6 Å². The Hall–Kier alpha value is -3.12. The maximum absolute atomic E-state index is 12.4. The Morgan fingerprint density at radius 3 is 2.42 bits per heavy atom. The van der Waals surface area contributed by atoms with Crippen molar-refractivity contribution in [3.63, 3.8) is 0 Å². The van der Waals surface area contributed by atoms with Gasteiger partial charge in [0.25, 0.3) is 11.5 Å². The number of nitrogens with zero attached hydrogens (tertiary/aromatic N) is 1. The molecule has 2 rings (SSSR count). The van der Waals surface area contributed by atoms with Crippen molar-refractivity contribution in [1.82, 2.24) is 14.3 Å². The summed E-state index contributed by atoms with van der Waals surface area (Å²) in [4.78, 5) is 39.3. The summed E-state index contributed by atoms with van der Waals surface area (Å²) in [5.41, 5.74) is 3.45. The predicted octanol–water partition coefficient (Wildman–Crippen LogP) is -0.843. The summed E-state index contributed by atoms with van der Waals surface area (Å²) in [5.74, 6) is -1.12. The van der Waals surface area contributed by atoms with Crippen LogP contribution < -0.4 is 27.0 Å². The van der Waals surface area contributed by atoms with Crippen LogP contribution in [0.1, 0.15) is 10.4 Å². The lowest BCUT2D eigenvalue weighted by Crippen LogP contribution is -2.29. The number of aromatic nitrogens is 2. The second-order valence-corrected chi connectivity index (χ2v) is 7.45. The molecule has 0 saturated carbocycles. The van der Waals surface area contributed by atoms with Gasteiger partial charge in [0.15, 0.2) is 0 Å². The average molecular weight is 383 g/mol. The van der Waals surface area contributed by atoms with E-state index >= 15 is 0 Å². The lowest BCUT2D eigenvalue weighted by atomic mass is 10.2. The topological polar surface area (TPSA) is 167 Å². The van der Waals surface area contributed by atoms with Crippen LogP contribution in [0.3, 0.4) is 0 Å². The van der Waals surface area contributed by atoms with Crippen molar-refractivity contribution in [2.75, 3.05) is 32.3 Å². The number of nitrogens with two attached hydrogens (primary N) is 1. The summed E-state index contributed by atoms with van der Waals surface area (Å²) < 4.78 is 30.4. The van der Waals surface area contributed by atoms with Crippen LogP contribution in [0, 0.1) is 0 Å². The zero-order chi connectivity index (χ0) is 19.6. The van der Waals surface area contributed by atoms with Gasteiger partial charge in [-0.1, -0.05) is 0 Å². The van der Waals surface area contributed by atoms with Gasteiger partial charge < -0.3 is 15.8 Å². The van der Waals surface area contributed by atoms with E-state index < -0.39 is 27.2 Å². The Morgan fingerprint density at radius 1 is 1.23 bits per heavy atom. The molecule has 1 aromatic carbocycles. The quantitative estimate of drug-likeness (QED) is 0.522. The van der Waals surface area contributed by atoms with Crippen molar-refractivity contribution in [3.8, 4) is 5.75 Å². The first-order chi connectivity index (χ1) is 12.1. The van der Waals surface area contributed by atoms with E-state index in [4.69, 9.17) is 10.5 Å². The van der Waals surface area contributed by atoms with Gasteiger partial charge in [0.1, 0.15) is 17.3 Å². The number of anilines is 2. The molecule has 0 aliphatic heterocycles. The number of sulfonamides is 1. The minimum absolute atomic E-state index is 0.0233. The predicted molar refractivity (Wildman–Crippen MR) is 93.9 cm³/mol. The van der Waals surface area contributed by atoms with Crippen LogP contribution >= 0.6 is 0 Å². The normalized spacial score (nSPS) is 11.4. The van der Waals surface area contributed by atoms with Crippen LogP contribution in [0.15, 0.2) is 32.7 Å². The Labute approximate surface area is 147 Å². The summed E-state index contributed by atoms with van der Waals surface area (Å²) in [6, 6.07) is 3.65. The Morgan fingerprint density at radius 2 is 1.88 bits per heavy atom. The Balaban J connectivity index is 2.45. The van der Waals surface area contributed by atoms with E-state index in [-0.39, 0.29) is 27.7 Å². The number of aromatic amines is 2. The molecule has 1 amide bonds. The molecule has 11 nitrogen and oxygen atoms in total. The van der Waals surface area contributed by atoms with Gasteiger partial charge in [-0.25, -0.2) is 17.5 Å². The number of ether oxygens (including phenoxy) is 1. The minimum atomic E-state index is -3.72. The van der Waals surface area contributed by atoms with Crippen LogP contribution in [-0.4, -0.2) is 49.8 Å². The van der Waals surface area contributed by atoms with Gasteiger partial charge in [-0.3, -0.25) is 19.6 Å². The highest BCUT2D eigenvalue weighted by Gasteiger charge is 2.22. The molecular formula is C14H17N5O6S. The van der Waals surface area contributed by atoms with E-state index in [9.17, 15) is 22.8 Å². The van der Waals surface area contributed by atoms with E-state index in [0.29, 0.717) is 0 Å². The number of H-pyrrole nitrogens is 2. The van der Waals surface area contributed by atoms with E-state index in [1.54, 1.807) is 0 Å². The summed E-state index contributed by atoms with van der Waals surface area (Å²) in [6.07, 6.45) is 0. The minimum Gasteiger partial charge on any atom is -0.496 e. The number of amides is 1. The molecule has 0 saturated heterocycles. The van der Waals surface area contributed by atoms with Crippen LogP contribution in [-0.2, 0) is 10.0 Å². The number of hydrogen-bond donors (Lipinski definition) is 4. The van der Waals surface area contributed by atoms with E-state index in [2.05, 4.69) is 10.3 Å². The first-order valence-corrected chi connectivity index (χ1v) is 8.56. The van der Waals surface area contributed by atoms with Crippen molar-refractivity contribution in [3.05, 3.63) is 44.6 Å². The second kappa shape index (κ2) is 7.01. The smallest absolute Gasteiger partial charge is 0.327 e. The molecule has 0 fully saturated rings. The number of hydrogen-bond acceptors (Lipinski definition) is 7. The molecule has 0 spiro atoms. The number of benzene rings is 1. The lowest BCUT2D eigenvalue weighted by Gasteiger charge is -2.14. The summed E-state index contributed by atoms with van der Waals surface area (Å²) >= 11 is 0. The molecule has 5 N–H and O–H groups in total. The van der Waals surface area contributed by atoms with Crippen molar-refractivity contribution < 1.29 is 17.9 Å². The molecule has 140 valence electrons. The molecule has 0 atom stereocenters. The van der Waals surface area contributed by atoms with E-state index in [0.717, 1.165) is 4.31 Å². The van der Waals surface area contributed by atoms with Crippen LogP contribution in [0.5, 0.6) is 5.75 Å². The third-order valence-electron chi connectivity index (χ3n) is 3.41. The molecule has 0 aliphatic rings. The molecule has 1 aromatic heterocycles. The fraction of sp³-hybridized carbons (Fsp3) is 0.214. The maximum atomic E-state index is 12.4. The summed E-state index contributed by atoms with van der Waals surface area (Å²) in [7, 11) is 0.279. The summed E-state index contributed by atoms with van der Waals surface area (Å²) in [6.45, 7) is 0. The standard InChI is InChI=1S/C14H17N5O6S/c1-19(2)26(23,24)7-4-5-8(9(6-7)25-3)12(20)16-10-11(15)17-14(22)18-13(10)21/h4-6H,1-3H3,(H,16,20)(H4,15,17,18,21,22). The highest BCUT2D eigenvalue weighted by atomic mass is 32.2. The van der Waals surface area contributed by atoms with Crippen LogP contribution in [0.25, 0.3) is 0 Å². The van der Waals surface area contributed by atoms with Gasteiger partial charge in [0, 0.05) is 20.2 Å². The molecule has 0 bridgehead atoms. The third kappa shape index (κ3) is 3.60. The monoisotopic (exact) mass is 383 g/mol. The van der Waals surface area contributed by atoms with Gasteiger partial charge in [0.2, 0.25) is 10.0 Å². The van der Waals surface area contributed by atoms with Crippen LogP contribution in [0.2, 0.25) is 0 Å². The molecule has 12 heteroatoms. The number of carbonyl (C=O) groups is 1. The van der Waals surface area contributed by atoms with Gasteiger partial charge in [-0.05, 0) is 12.1 Å². The molecule has 26 heavy (non-hydrogen) atoms. The number of carbonyl (C=O) groups excluding carboxylic acids is 1. The molecule has 1 heterocycles. The molecule has 2 aromatic rings. The largest absolute Gasteiger partial charge is 0.496 e. The van der Waals surface area contributed by atoms with Crippen molar-refractivity contribution in [2.24, 2.45) is 0 Å². The molecule has 0 unspecified atom stereocenters. The van der Waals surface area contributed by atoms with Crippen molar-refractivity contribution in [1.29, 1.82) is 0 Å². The average Bonchev–Trinajstić information content (AvgIpc) is 2.57. The van der Waals surface area contributed by atoms with Crippen molar-refractivity contribution >= 4 is 27.4 Å². The maximum Gasteiger partial charge on any atom is 0.327 e. The van der Waals surface area contributed by atoms with Crippen molar-refractivity contribution in [2.45, 2.75) is 4.90 Å². The first kappa shape index (κ1) is 19.2. The molecule has 0 radical (unpaired) electrons. The fourth-order valence-electron chi connectivity index (χ4n) is 2.04. The van der Waals surface area contributed by atoms with E-state index in [1.807, 2.05) is 4.98 Å². The van der Waals surface area contributed by atoms with Crippen LogP contribution in [0.4, 0.5) is 11.5 Å². The van der Waals surface area contributed by atoms with E-state index in [1.165, 1.54) is 39.4 Å². The number of methoxy groups -OCH3 is 1. The molecular weight excluding hydrogens is 366 g/mol. The third-order valence-corrected chi connectivity index (χ3v) is 5.22. The van der Waals surface area contributed by atoms with Gasteiger partial charge >= 0.3 is 5.69 Å².